The number of sulfone groups is 1. The number of piperidine rings is 1. The number of nitrogens with zero attached hydrogens (tertiary/aromatic N) is 4. The maximum absolute atomic E-state index is 12.4. The lowest BCUT2D eigenvalue weighted by atomic mass is 9.85. The van der Waals surface area contributed by atoms with Gasteiger partial charge in [0.15, 0.2) is 9.84 Å². The summed E-state index contributed by atoms with van der Waals surface area (Å²) in [6, 6.07) is 17.6. The predicted octanol–water partition coefficient (Wildman–Crippen LogP) is 5.60. The molecule has 0 aliphatic carbocycles. The fourth-order valence-corrected chi connectivity index (χ4v) is 8.25. The third kappa shape index (κ3) is 7.87. The summed E-state index contributed by atoms with van der Waals surface area (Å²) in [7, 11) is -3.21. The van der Waals surface area contributed by atoms with Crippen LogP contribution in [0.2, 0.25) is 0 Å². The van der Waals surface area contributed by atoms with Gasteiger partial charge in [0.25, 0.3) is 0 Å². The van der Waals surface area contributed by atoms with Gasteiger partial charge in [0, 0.05) is 56.4 Å². The Balaban J connectivity index is 1.26. The zero-order valence-electron chi connectivity index (χ0n) is 27.7. The highest BCUT2D eigenvalue weighted by Crippen LogP contribution is 2.39. The third-order valence-electron chi connectivity index (χ3n) is 9.76. The van der Waals surface area contributed by atoms with Crippen molar-refractivity contribution in [2.45, 2.75) is 83.2 Å². The largest absolute Gasteiger partial charge is 0.480 e. The molecule has 0 spiro atoms. The molecule has 1 N–H and O–H groups in total. The lowest BCUT2D eigenvalue weighted by Gasteiger charge is -2.36. The topological polar surface area (TPSA) is 95.7 Å². The second-order valence-corrected chi connectivity index (χ2v) is 16.4. The third-order valence-corrected chi connectivity index (χ3v) is 10.9. The number of carbonyl (C=O) groups is 1. The molecule has 3 aromatic rings. The Labute approximate surface area is 269 Å². The summed E-state index contributed by atoms with van der Waals surface area (Å²) in [5, 5.41) is 15.1. The van der Waals surface area contributed by atoms with Gasteiger partial charge in [-0.1, -0.05) is 62.7 Å². The monoisotopic (exact) mass is 634 g/mol. The molecule has 3 atom stereocenters. The minimum Gasteiger partial charge on any atom is -0.480 e. The van der Waals surface area contributed by atoms with E-state index in [9.17, 15) is 18.3 Å². The van der Waals surface area contributed by atoms with Crippen molar-refractivity contribution in [3.8, 4) is 0 Å². The van der Waals surface area contributed by atoms with Crippen LogP contribution in [-0.2, 0) is 27.6 Å². The number of rotatable bonds is 10. The Morgan fingerprint density at radius 3 is 2.31 bits per heavy atom. The average molecular weight is 635 g/mol. The van der Waals surface area contributed by atoms with Gasteiger partial charge in [-0.05, 0) is 80.4 Å². The quantitative estimate of drug-likeness (QED) is 0.310. The molecule has 3 heterocycles. The molecule has 0 bridgehead atoms. The van der Waals surface area contributed by atoms with E-state index in [1.54, 1.807) is 12.1 Å². The summed E-state index contributed by atoms with van der Waals surface area (Å²) in [4.78, 5) is 17.6. The molecule has 0 amide bonds. The first-order valence-electron chi connectivity index (χ1n) is 16.3. The fourth-order valence-electron chi connectivity index (χ4n) is 7.61. The number of hydrogen-bond donors (Lipinski definition) is 1. The summed E-state index contributed by atoms with van der Waals surface area (Å²) < 4.78 is 25.8. The van der Waals surface area contributed by atoms with Crippen molar-refractivity contribution in [1.82, 2.24) is 19.6 Å². The predicted molar refractivity (Wildman–Crippen MR) is 179 cm³/mol. The normalized spacial score (nSPS) is 21.3. The molecule has 45 heavy (non-hydrogen) atoms. The second-order valence-electron chi connectivity index (χ2n) is 14.4. The Kier molecular flexibility index (Phi) is 9.92. The van der Waals surface area contributed by atoms with Crippen LogP contribution in [0.3, 0.4) is 0 Å². The summed E-state index contributed by atoms with van der Waals surface area (Å²) >= 11 is 0. The first-order chi connectivity index (χ1) is 21.2. The van der Waals surface area contributed by atoms with E-state index in [0.717, 1.165) is 63.4 Å². The molecule has 5 rings (SSSR count). The molecule has 2 saturated heterocycles. The number of aryl methyl sites for hydroxylation is 2. The van der Waals surface area contributed by atoms with E-state index in [2.05, 4.69) is 58.7 Å². The SMILES string of the molecule is CCn1nc(Cc2ccc(S(C)(=O)=O)cc2)cc1C1CCN(C[C@H]2CN([C@@H](C(=O)O)C(C)(C)C)C[C@@H]2c2cccc(C)c2)CC1. The van der Waals surface area contributed by atoms with Gasteiger partial charge in [-0.15, -0.1) is 0 Å². The van der Waals surface area contributed by atoms with Gasteiger partial charge in [0.1, 0.15) is 6.04 Å². The molecule has 2 aliphatic heterocycles. The summed E-state index contributed by atoms with van der Waals surface area (Å²) in [6.45, 7) is 15.8. The van der Waals surface area contributed by atoms with E-state index >= 15 is 0 Å². The fraction of sp³-hybridized carbons (Fsp3) is 0.556. The maximum atomic E-state index is 12.4. The molecular weight excluding hydrogens is 584 g/mol. The highest BCUT2D eigenvalue weighted by atomic mass is 32.2. The average Bonchev–Trinajstić information content (AvgIpc) is 3.56. The van der Waals surface area contributed by atoms with Crippen LogP contribution in [0.5, 0.6) is 0 Å². The molecular formula is C36H50N4O4S. The Hall–Kier alpha value is -3.01. The molecule has 1 aromatic heterocycles. The summed E-state index contributed by atoms with van der Waals surface area (Å²) in [5.74, 6) is 0.390. The Morgan fingerprint density at radius 1 is 1.04 bits per heavy atom. The lowest BCUT2D eigenvalue weighted by molar-refractivity contribution is -0.147. The van der Waals surface area contributed by atoms with Crippen molar-refractivity contribution in [3.05, 3.63) is 82.7 Å². The van der Waals surface area contributed by atoms with Crippen molar-refractivity contribution in [1.29, 1.82) is 0 Å². The smallest absolute Gasteiger partial charge is 0.321 e. The van der Waals surface area contributed by atoms with Crippen molar-refractivity contribution in [2.24, 2.45) is 11.3 Å². The van der Waals surface area contributed by atoms with Crippen molar-refractivity contribution < 1.29 is 18.3 Å². The van der Waals surface area contributed by atoms with Crippen LogP contribution in [-0.4, -0.2) is 84.1 Å². The van der Waals surface area contributed by atoms with Crippen LogP contribution >= 0.6 is 0 Å². The molecule has 2 fully saturated rings. The molecule has 0 saturated carbocycles. The zero-order chi connectivity index (χ0) is 32.5. The first-order valence-corrected chi connectivity index (χ1v) is 18.2. The van der Waals surface area contributed by atoms with E-state index in [1.807, 2.05) is 32.9 Å². The van der Waals surface area contributed by atoms with E-state index < -0.39 is 21.8 Å². The van der Waals surface area contributed by atoms with Crippen molar-refractivity contribution in [2.75, 3.05) is 39.0 Å². The molecule has 2 aromatic carbocycles. The van der Waals surface area contributed by atoms with Gasteiger partial charge < -0.3 is 10.0 Å². The van der Waals surface area contributed by atoms with Crippen molar-refractivity contribution >= 4 is 15.8 Å². The van der Waals surface area contributed by atoms with Gasteiger partial charge in [0.05, 0.1) is 10.6 Å². The highest BCUT2D eigenvalue weighted by Gasteiger charge is 2.44. The van der Waals surface area contributed by atoms with Crippen LogP contribution in [0.25, 0.3) is 0 Å². The summed E-state index contributed by atoms with van der Waals surface area (Å²) in [5.41, 5.74) is 5.57. The minimum atomic E-state index is -3.21. The van der Waals surface area contributed by atoms with Gasteiger partial charge >= 0.3 is 5.97 Å². The zero-order valence-corrected chi connectivity index (χ0v) is 28.6. The van der Waals surface area contributed by atoms with Crippen LogP contribution in [0.1, 0.15) is 80.5 Å². The molecule has 0 radical (unpaired) electrons. The Bertz CT molecular complexity index is 1580. The van der Waals surface area contributed by atoms with Crippen LogP contribution in [0.4, 0.5) is 0 Å². The number of benzene rings is 2. The van der Waals surface area contributed by atoms with Gasteiger partial charge in [-0.25, -0.2) is 8.42 Å². The highest BCUT2D eigenvalue weighted by molar-refractivity contribution is 7.90. The number of aromatic nitrogens is 2. The number of carboxylic acids is 1. The molecule has 8 nitrogen and oxygen atoms in total. The Morgan fingerprint density at radius 2 is 1.73 bits per heavy atom. The number of likely N-dealkylation sites (tertiary alicyclic amines) is 2. The maximum Gasteiger partial charge on any atom is 0.321 e. The van der Waals surface area contributed by atoms with Crippen LogP contribution in [0, 0.1) is 18.3 Å². The van der Waals surface area contributed by atoms with Gasteiger partial charge in [-0.2, -0.15) is 5.10 Å². The standard InChI is InChI=1S/C36H50N4O4S/c1-7-40-33(21-30(37-40)20-26-11-13-31(14-12-26)45(6,43)44)27-15-17-38(18-16-27)22-29-23-39(34(35(41)42)36(3,4)5)24-32(29)28-10-8-9-25(2)19-28/h8-14,19,21,27,29,32,34H,7,15-18,20,22-24H2,1-6H3,(H,41,42)/t29-,32+,34-/m0/s1. The van der Waals surface area contributed by atoms with E-state index in [-0.39, 0.29) is 5.41 Å². The van der Waals surface area contributed by atoms with Gasteiger partial charge in [0.2, 0.25) is 0 Å². The van der Waals surface area contributed by atoms with Crippen LogP contribution in [0.15, 0.2) is 59.5 Å². The number of hydrogen-bond acceptors (Lipinski definition) is 6. The first kappa shape index (κ1) is 33.4. The van der Waals surface area contributed by atoms with Crippen LogP contribution < -0.4 is 0 Å². The molecule has 0 unspecified atom stereocenters. The summed E-state index contributed by atoms with van der Waals surface area (Å²) in [6.07, 6.45) is 4.04. The number of aliphatic carboxylic acids is 1. The minimum absolute atomic E-state index is 0.308. The molecule has 9 heteroatoms. The molecule has 244 valence electrons. The number of carboxylic acid groups (broad SMARTS) is 1. The van der Waals surface area contributed by atoms with Gasteiger partial charge in [-0.3, -0.25) is 14.4 Å². The van der Waals surface area contributed by atoms with E-state index in [1.165, 1.54) is 23.1 Å². The van der Waals surface area contributed by atoms with Crippen molar-refractivity contribution in [3.63, 3.8) is 0 Å². The van der Waals surface area contributed by atoms with E-state index in [0.29, 0.717) is 29.1 Å². The molecule has 2 aliphatic rings. The van der Waals surface area contributed by atoms with E-state index in [4.69, 9.17) is 5.10 Å². The lowest BCUT2D eigenvalue weighted by Crippen LogP contribution is -2.48. The second kappa shape index (κ2) is 13.4.